The van der Waals surface area contributed by atoms with E-state index in [4.69, 9.17) is 9.26 Å². The largest absolute Gasteiger partial charge is 0.496 e. The number of nitrogens with one attached hydrogen (secondary N) is 1. The molecule has 0 radical (unpaired) electrons. The number of aryl methyl sites for hydroxylation is 1. The van der Waals surface area contributed by atoms with Crippen molar-refractivity contribution in [2.45, 2.75) is 13.0 Å². The summed E-state index contributed by atoms with van der Waals surface area (Å²) in [6.07, 6.45) is 3.22. The number of methoxy groups -OCH3 is 1. The highest BCUT2D eigenvalue weighted by atomic mass is 16.5. The standard InChI is InChI=1S/C20H19N3O3/c1-14-21-20(23-26-14)19(16-10-6-7-11-17(16)25-2)22-18(24)13-12-15-8-4-3-5-9-15/h3-13,19H,1-2H3,(H,22,24)/b13-12-/t19-/m0/s1. The Morgan fingerprint density at radius 2 is 1.88 bits per heavy atom. The van der Waals surface area contributed by atoms with Crippen LogP contribution in [-0.4, -0.2) is 23.2 Å². The summed E-state index contributed by atoms with van der Waals surface area (Å²) in [7, 11) is 1.58. The number of nitrogens with zero attached hydrogens (tertiary/aromatic N) is 2. The third-order valence-electron chi connectivity index (χ3n) is 3.76. The van der Waals surface area contributed by atoms with Gasteiger partial charge in [0.25, 0.3) is 0 Å². The SMILES string of the molecule is COc1ccccc1[C@H](NC(=O)/C=C\c1ccccc1)c1noc(C)n1. The molecule has 132 valence electrons. The van der Waals surface area contributed by atoms with Gasteiger partial charge in [0.05, 0.1) is 7.11 Å². The average molecular weight is 349 g/mol. The smallest absolute Gasteiger partial charge is 0.244 e. The van der Waals surface area contributed by atoms with E-state index in [1.54, 1.807) is 20.1 Å². The van der Waals surface area contributed by atoms with Gasteiger partial charge in [-0.2, -0.15) is 4.98 Å². The lowest BCUT2D eigenvalue weighted by atomic mass is 10.0. The van der Waals surface area contributed by atoms with Crippen molar-refractivity contribution in [3.05, 3.63) is 83.5 Å². The van der Waals surface area contributed by atoms with Gasteiger partial charge in [0, 0.05) is 18.6 Å². The van der Waals surface area contributed by atoms with Crippen LogP contribution in [-0.2, 0) is 4.79 Å². The first-order valence-corrected chi connectivity index (χ1v) is 8.14. The predicted molar refractivity (Wildman–Crippen MR) is 97.5 cm³/mol. The molecular weight excluding hydrogens is 330 g/mol. The minimum atomic E-state index is -0.587. The molecule has 0 fully saturated rings. The molecule has 0 aliphatic carbocycles. The van der Waals surface area contributed by atoms with Crippen molar-refractivity contribution in [1.29, 1.82) is 0 Å². The first kappa shape index (κ1) is 17.4. The van der Waals surface area contributed by atoms with Gasteiger partial charge >= 0.3 is 0 Å². The van der Waals surface area contributed by atoms with Crippen LogP contribution in [0.25, 0.3) is 6.08 Å². The third kappa shape index (κ3) is 4.16. The molecule has 1 aromatic heterocycles. The van der Waals surface area contributed by atoms with Crippen LogP contribution in [0.4, 0.5) is 0 Å². The van der Waals surface area contributed by atoms with Crippen LogP contribution < -0.4 is 10.1 Å². The molecule has 0 bridgehead atoms. The number of hydrogen-bond acceptors (Lipinski definition) is 5. The summed E-state index contributed by atoms with van der Waals surface area (Å²) < 4.78 is 10.5. The normalized spacial score (nSPS) is 12.1. The first-order valence-electron chi connectivity index (χ1n) is 8.14. The molecule has 1 amide bonds. The Morgan fingerprint density at radius 3 is 2.58 bits per heavy atom. The number of hydrogen-bond donors (Lipinski definition) is 1. The van der Waals surface area contributed by atoms with E-state index >= 15 is 0 Å². The van der Waals surface area contributed by atoms with E-state index < -0.39 is 6.04 Å². The number of rotatable bonds is 6. The highest BCUT2D eigenvalue weighted by Gasteiger charge is 2.24. The Morgan fingerprint density at radius 1 is 1.15 bits per heavy atom. The molecular formula is C20H19N3O3. The van der Waals surface area contributed by atoms with Crippen molar-refractivity contribution in [3.63, 3.8) is 0 Å². The highest BCUT2D eigenvalue weighted by molar-refractivity contribution is 5.92. The Labute approximate surface area is 151 Å². The molecule has 1 atom stereocenters. The molecule has 6 nitrogen and oxygen atoms in total. The monoisotopic (exact) mass is 349 g/mol. The van der Waals surface area contributed by atoms with Crippen LogP contribution in [0.2, 0.25) is 0 Å². The van der Waals surface area contributed by atoms with Crippen LogP contribution in [0.1, 0.15) is 28.9 Å². The van der Waals surface area contributed by atoms with Gasteiger partial charge in [0.2, 0.25) is 11.8 Å². The maximum absolute atomic E-state index is 12.5. The van der Waals surface area contributed by atoms with Crippen LogP contribution in [0.3, 0.4) is 0 Å². The van der Waals surface area contributed by atoms with Crippen LogP contribution in [0.15, 0.2) is 65.2 Å². The number of para-hydroxylation sites is 1. The summed E-state index contributed by atoms with van der Waals surface area (Å²) in [5, 5.41) is 6.88. The lowest BCUT2D eigenvalue weighted by Crippen LogP contribution is -2.29. The van der Waals surface area contributed by atoms with E-state index in [9.17, 15) is 4.79 Å². The highest BCUT2D eigenvalue weighted by Crippen LogP contribution is 2.28. The first-order chi connectivity index (χ1) is 12.7. The molecule has 0 saturated heterocycles. The maximum Gasteiger partial charge on any atom is 0.244 e. The Kier molecular flexibility index (Phi) is 5.43. The second-order valence-electron chi connectivity index (χ2n) is 5.60. The molecule has 0 aliphatic rings. The molecule has 1 N–H and O–H groups in total. The van der Waals surface area contributed by atoms with E-state index in [0.29, 0.717) is 17.5 Å². The van der Waals surface area contributed by atoms with Crippen molar-refractivity contribution in [2.75, 3.05) is 7.11 Å². The van der Waals surface area contributed by atoms with Crippen LogP contribution in [0, 0.1) is 6.92 Å². The van der Waals surface area contributed by atoms with E-state index in [1.807, 2.05) is 54.6 Å². The molecule has 2 aromatic carbocycles. The molecule has 0 unspecified atom stereocenters. The van der Waals surface area contributed by atoms with Crippen molar-refractivity contribution in [1.82, 2.24) is 15.5 Å². The van der Waals surface area contributed by atoms with E-state index in [0.717, 1.165) is 11.1 Å². The molecule has 1 heterocycles. The zero-order valence-electron chi connectivity index (χ0n) is 14.5. The summed E-state index contributed by atoms with van der Waals surface area (Å²) in [6, 6.07) is 16.4. The molecule has 3 rings (SSSR count). The fourth-order valence-corrected chi connectivity index (χ4v) is 2.54. The number of amides is 1. The Hall–Kier alpha value is -3.41. The molecule has 0 spiro atoms. The second kappa shape index (κ2) is 8.11. The van der Waals surface area contributed by atoms with Gasteiger partial charge in [-0.3, -0.25) is 4.79 Å². The Balaban J connectivity index is 1.87. The van der Waals surface area contributed by atoms with Gasteiger partial charge in [0.1, 0.15) is 11.8 Å². The fraction of sp³-hybridized carbons (Fsp3) is 0.150. The lowest BCUT2D eigenvalue weighted by Gasteiger charge is -2.17. The number of benzene rings is 2. The zero-order chi connectivity index (χ0) is 18.4. The number of aromatic nitrogens is 2. The van der Waals surface area contributed by atoms with Crippen molar-refractivity contribution >= 4 is 12.0 Å². The minimum Gasteiger partial charge on any atom is -0.496 e. The molecule has 26 heavy (non-hydrogen) atoms. The lowest BCUT2D eigenvalue weighted by molar-refractivity contribution is -0.117. The van der Waals surface area contributed by atoms with Crippen molar-refractivity contribution in [3.8, 4) is 5.75 Å². The zero-order valence-corrected chi connectivity index (χ0v) is 14.5. The summed E-state index contributed by atoms with van der Waals surface area (Å²) in [5.74, 6) is 1.15. The third-order valence-corrected chi connectivity index (χ3v) is 3.76. The van der Waals surface area contributed by atoms with E-state index in [2.05, 4.69) is 15.5 Å². The average Bonchev–Trinajstić information content (AvgIpc) is 3.11. The fourth-order valence-electron chi connectivity index (χ4n) is 2.54. The quantitative estimate of drug-likeness (QED) is 0.691. The number of carbonyl (C=O) groups excluding carboxylic acids is 1. The molecule has 0 aliphatic heterocycles. The van der Waals surface area contributed by atoms with Gasteiger partial charge in [-0.25, -0.2) is 0 Å². The van der Waals surface area contributed by atoms with Crippen LogP contribution >= 0.6 is 0 Å². The Bertz CT molecular complexity index is 903. The number of carbonyl (C=O) groups is 1. The van der Waals surface area contributed by atoms with Gasteiger partial charge in [-0.15, -0.1) is 0 Å². The van der Waals surface area contributed by atoms with Gasteiger partial charge in [-0.05, 0) is 17.7 Å². The van der Waals surface area contributed by atoms with Crippen LogP contribution in [0.5, 0.6) is 5.75 Å². The molecule has 0 saturated carbocycles. The van der Waals surface area contributed by atoms with Crippen molar-refractivity contribution in [2.24, 2.45) is 0 Å². The van der Waals surface area contributed by atoms with Gasteiger partial charge < -0.3 is 14.6 Å². The van der Waals surface area contributed by atoms with E-state index in [-0.39, 0.29) is 5.91 Å². The molecule has 3 aromatic rings. The van der Waals surface area contributed by atoms with Crippen molar-refractivity contribution < 1.29 is 14.1 Å². The van der Waals surface area contributed by atoms with Gasteiger partial charge in [-0.1, -0.05) is 53.7 Å². The van der Waals surface area contributed by atoms with Gasteiger partial charge in [0.15, 0.2) is 5.82 Å². The maximum atomic E-state index is 12.5. The summed E-state index contributed by atoms with van der Waals surface area (Å²) in [4.78, 5) is 16.7. The summed E-state index contributed by atoms with van der Waals surface area (Å²) in [5.41, 5.74) is 1.68. The topological polar surface area (TPSA) is 77.2 Å². The predicted octanol–water partition coefficient (Wildman–Crippen LogP) is 3.31. The summed E-state index contributed by atoms with van der Waals surface area (Å²) in [6.45, 7) is 1.70. The minimum absolute atomic E-state index is 0.271. The second-order valence-corrected chi connectivity index (χ2v) is 5.60. The molecule has 6 heteroatoms. The summed E-state index contributed by atoms with van der Waals surface area (Å²) >= 11 is 0. The van der Waals surface area contributed by atoms with E-state index in [1.165, 1.54) is 6.08 Å². The number of ether oxygens (including phenoxy) is 1.